The first-order chi connectivity index (χ1) is 13.3. The molecule has 0 fully saturated rings. The Bertz CT molecular complexity index is 924. The number of rotatable bonds is 7. The van der Waals surface area contributed by atoms with Crippen molar-refractivity contribution in [3.05, 3.63) is 57.6 Å². The predicted octanol–water partition coefficient (Wildman–Crippen LogP) is 3.18. The lowest BCUT2D eigenvalue weighted by Gasteiger charge is -2.08. The highest BCUT2D eigenvalue weighted by Gasteiger charge is 2.11. The van der Waals surface area contributed by atoms with E-state index in [1.54, 1.807) is 18.2 Å². The molecule has 0 spiro atoms. The maximum absolute atomic E-state index is 12.1. The molecule has 0 aliphatic heterocycles. The number of amides is 2. The Balaban J connectivity index is 2.05. The molecule has 2 rings (SSSR count). The summed E-state index contributed by atoms with van der Waals surface area (Å²) in [5.41, 5.74) is 3.60. The van der Waals surface area contributed by atoms with Crippen LogP contribution in [0.4, 0.5) is 5.69 Å². The van der Waals surface area contributed by atoms with E-state index in [0.29, 0.717) is 16.8 Å². The van der Waals surface area contributed by atoms with Gasteiger partial charge in [-0.2, -0.15) is 5.10 Å². The highest BCUT2D eigenvalue weighted by Crippen LogP contribution is 2.33. The minimum absolute atomic E-state index is 0.0432. The molecule has 28 heavy (non-hydrogen) atoms. The quantitative estimate of drug-likeness (QED) is 0.466. The zero-order valence-corrected chi connectivity index (χ0v) is 16.0. The van der Waals surface area contributed by atoms with Crippen molar-refractivity contribution in [3.8, 4) is 5.75 Å². The van der Waals surface area contributed by atoms with Gasteiger partial charge in [-0.25, -0.2) is 10.2 Å². The average molecular weight is 424 g/mol. The summed E-state index contributed by atoms with van der Waals surface area (Å²) in [6.45, 7) is 0.784. The summed E-state index contributed by atoms with van der Waals surface area (Å²) >= 11 is 12.1. The number of hydrogen-bond donors (Lipinski definition) is 3. The third kappa shape index (κ3) is 6.26. The molecule has 10 heteroatoms. The zero-order valence-electron chi connectivity index (χ0n) is 14.5. The van der Waals surface area contributed by atoms with Crippen molar-refractivity contribution >= 4 is 52.9 Å². The molecule has 2 amide bonds. The SMILES string of the molecule is CC(=O)Nc1cccc(C(=O)N/N=C\c2cc(Cl)c(OCC(=O)O)c(Cl)c2)c1. The van der Waals surface area contributed by atoms with Crippen molar-refractivity contribution in [2.45, 2.75) is 6.92 Å². The average Bonchev–Trinajstić information content (AvgIpc) is 2.60. The van der Waals surface area contributed by atoms with E-state index in [2.05, 4.69) is 15.8 Å². The van der Waals surface area contributed by atoms with Gasteiger partial charge in [0.15, 0.2) is 12.4 Å². The van der Waals surface area contributed by atoms with Gasteiger partial charge in [-0.05, 0) is 35.9 Å². The Morgan fingerprint density at radius 2 is 1.86 bits per heavy atom. The molecule has 0 aliphatic rings. The van der Waals surface area contributed by atoms with Crippen LogP contribution in [0.2, 0.25) is 10.0 Å². The zero-order chi connectivity index (χ0) is 20.7. The number of hydrazone groups is 1. The fourth-order valence-corrected chi connectivity index (χ4v) is 2.71. The number of benzene rings is 2. The Hall–Kier alpha value is -3.10. The van der Waals surface area contributed by atoms with Crippen molar-refractivity contribution in [1.82, 2.24) is 5.43 Å². The van der Waals surface area contributed by atoms with Gasteiger partial charge in [0.25, 0.3) is 5.91 Å². The predicted molar refractivity (Wildman–Crippen MR) is 105 cm³/mol. The molecular weight excluding hydrogens is 409 g/mol. The van der Waals surface area contributed by atoms with E-state index < -0.39 is 18.5 Å². The van der Waals surface area contributed by atoms with Gasteiger partial charge >= 0.3 is 5.97 Å². The van der Waals surface area contributed by atoms with Gasteiger partial charge in [-0.15, -0.1) is 0 Å². The maximum atomic E-state index is 12.1. The Morgan fingerprint density at radius 3 is 2.46 bits per heavy atom. The Kier molecular flexibility index (Phi) is 7.36. The van der Waals surface area contributed by atoms with Crippen molar-refractivity contribution in [2.24, 2.45) is 5.10 Å². The molecule has 0 aromatic heterocycles. The lowest BCUT2D eigenvalue weighted by molar-refractivity contribution is -0.139. The van der Waals surface area contributed by atoms with Crippen LogP contribution < -0.4 is 15.5 Å². The van der Waals surface area contributed by atoms with Crippen molar-refractivity contribution in [1.29, 1.82) is 0 Å². The third-order valence-electron chi connectivity index (χ3n) is 3.19. The number of carboxylic acid groups (broad SMARTS) is 1. The number of nitrogens with one attached hydrogen (secondary N) is 2. The van der Waals surface area contributed by atoms with Gasteiger partial charge < -0.3 is 15.2 Å². The second-order valence-electron chi connectivity index (χ2n) is 5.46. The summed E-state index contributed by atoms with van der Waals surface area (Å²) in [5.74, 6) is -1.85. The third-order valence-corrected chi connectivity index (χ3v) is 3.75. The summed E-state index contributed by atoms with van der Waals surface area (Å²) in [7, 11) is 0. The second kappa shape index (κ2) is 9.72. The van der Waals surface area contributed by atoms with Gasteiger partial charge in [0.1, 0.15) is 0 Å². The summed E-state index contributed by atoms with van der Waals surface area (Å²) in [5, 5.41) is 15.3. The van der Waals surface area contributed by atoms with Crippen LogP contribution in [-0.2, 0) is 9.59 Å². The minimum Gasteiger partial charge on any atom is -0.479 e. The standard InChI is InChI=1S/C18H15Cl2N3O5/c1-10(24)22-13-4-2-3-12(7-13)18(27)23-21-8-11-5-14(19)17(15(20)6-11)28-9-16(25)26/h2-8H,9H2,1H3,(H,22,24)(H,23,27)(H,25,26)/b21-8-. The first-order valence-corrected chi connectivity index (χ1v) is 8.56. The molecule has 3 N–H and O–H groups in total. The van der Waals surface area contributed by atoms with Crippen LogP contribution in [0.15, 0.2) is 41.5 Å². The maximum Gasteiger partial charge on any atom is 0.341 e. The highest BCUT2D eigenvalue weighted by atomic mass is 35.5. The molecule has 2 aromatic carbocycles. The molecule has 0 radical (unpaired) electrons. The number of aliphatic carboxylic acids is 1. The summed E-state index contributed by atoms with van der Waals surface area (Å²) in [6.07, 6.45) is 1.31. The molecule has 0 bridgehead atoms. The van der Waals surface area contributed by atoms with Gasteiger partial charge in [0.05, 0.1) is 16.3 Å². The van der Waals surface area contributed by atoms with Crippen LogP contribution >= 0.6 is 23.2 Å². The second-order valence-corrected chi connectivity index (χ2v) is 6.27. The fourth-order valence-electron chi connectivity index (χ4n) is 2.10. The van der Waals surface area contributed by atoms with Gasteiger partial charge in [0.2, 0.25) is 5.91 Å². The van der Waals surface area contributed by atoms with E-state index in [4.69, 9.17) is 33.0 Å². The molecule has 146 valence electrons. The van der Waals surface area contributed by atoms with E-state index in [0.717, 1.165) is 0 Å². The topological polar surface area (TPSA) is 117 Å². The summed E-state index contributed by atoms with van der Waals surface area (Å²) in [4.78, 5) is 33.8. The molecule has 0 saturated heterocycles. The van der Waals surface area contributed by atoms with Crippen LogP contribution in [-0.4, -0.2) is 35.7 Å². The van der Waals surface area contributed by atoms with Crippen LogP contribution in [0.3, 0.4) is 0 Å². The van der Waals surface area contributed by atoms with E-state index in [1.165, 1.54) is 31.3 Å². The largest absolute Gasteiger partial charge is 0.479 e. The summed E-state index contributed by atoms with van der Waals surface area (Å²) < 4.78 is 5.02. The van der Waals surface area contributed by atoms with Crippen LogP contribution in [0.5, 0.6) is 5.75 Å². The molecule has 0 atom stereocenters. The Morgan fingerprint density at radius 1 is 1.18 bits per heavy atom. The van der Waals surface area contributed by atoms with E-state index in [9.17, 15) is 14.4 Å². The summed E-state index contributed by atoms with van der Waals surface area (Å²) in [6, 6.07) is 9.27. The van der Waals surface area contributed by atoms with Gasteiger partial charge in [-0.3, -0.25) is 9.59 Å². The van der Waals surface area contributed by atoms with E-state index in [1.807, 2.05) is 0 Å². The first-order valence-electron chi connectivity index (χ1n) is 7.81. The fraction of sp³-hybridized carbons (Fsp3) is 0.111. The molecule has 0 unspecified atom stereocenters. The Labute approximate surface area is 170 Å². The van der Waals surface area contributed by atoms with Crippen molar-refractivity contribution < 1.29 is 24.2 Å². The number of ether oxygens (including phenoxy) is 1. The highest BCUT2D eigenvalue weighted by molar-refractivity contribution is 6.37. The van der Waals surface area contributed by atoms with E-state index >= 15 is 0 Å². The van der Waals surface area contributed by atoms with Crippen molar-refractivity contribution in [3.63, 3.8) is 0 Å². The smallest absolute Gasteiger partial charge is 0.341 e. The van der Waals surface area contributed by atoms with Gasteiger partial charge in [-0.1, -0.05) is 29.3 Å². The number of nitrogens with zero attached hydrogens (tertiary/aromatic N) is 1. The molecule has 0 saturated carbocycles. The molecule has 0 aliphatic carbocycles. The van der Waals surface area contributed by atoms with E-state index in [-0.39, 0.29) is 21.7 Å². The monoisotopic (exact) mass is 423 g/mol. The lowest BCUT2D eigenvalue weighted by Crippen LogP contribution is -2.18. The number of halogens is 2. The molecule has 2 aromatic rings. The normalized spacial score (nSPS) is 10.5. The lowest BCUT2D eigenvalue weighted by atomic mass is 10.2. The van der Waals surface area contributed by atoms with Gasteiger partial charge in [0, 0.05) is 18.2 Å². The number of carboxylic acids is 1. The minimum atomic E-state index is -1.16. The number of carbonyl (C=O) groups is 3. The number of carbonyl (C=O) groups excluding carboxylic acids is 2. The molecule has 0 heterocycles. The number of hydrogen-bond acceptors (Lipinski definition) is 5. The molecule has 8 nitrogen and oxygen atoms in total. The van der Waals surface area contributed by atoms with Crippen LogP contribution in [0, 0.1) is 0 Å². The van der Waals surface area contributed by atoms with Crippen LogP contribution in [0.1, 0.15) is 22.8 Å². The number of anilines is 1. The van der Waals surface area contributed by atoms with Crippen molar-refractivity contribution in [2.75, 3.05) is 11.9 Å². The first kappa shape index (κ1) is 21.2. The molecular formula is C18H15Cl2N3O5. The van der Waals surface area contributed by atoms with Crippen LogP contribution in [0.25, 0.3) is 0 Å².